The van der Waals surface area contributed by atoms with Crippen LogP contribution in [0.2, 0.25) is 5.02 Å². The summed E-state index contributed by atoms with van der Waals surface area (Å²) >= 11 is 6.27. The van der Waals surface area contributed by atoms with Crippen molar-refractivity contribution in [2.45, 2.75) is 45.6 Å². The molecule has 0 amide bonds. The molecule has 0 radical (unpaired) electrons. The van der Waals surface area contributed by atoms with Crippen LogP contribution in [0.4, 0.5) is 0 Å². The van der Waals surface area contributed by atoms with Crippen LogP contribution in [0, 0.1) is 0 Å². The molecule has 0 saturated heterocycles. The summed E-state index contributed by atoms with van der Waals surface area (Å²) in [5.74, 6) is 0. The minimum absolute atomic E-state index is 0.0392. The molecule has 1 heterocycles. The SMILES string of the molecule is CC(C)(C)n1c2cc(Cl)ccc2c2c3c(ccc21)CCC3. The summed E-state index contributed by atoms with van der Waals surface area (Å²) in [4.78, 5) is 0. The number of aromatic nitrogens is 1. The number of hydrogen-bond acceptors (Lipinski definition) is 0. The van der Waals surface area contributed by atoms with Gasteiger partial charge in [0.1, 0.15) is 0 Å². The summed E-state index contributed by atoms with van der Waals surface area (Å²) in [6.07, 6.45) is 3.71. The molecular weight excluding hydrogens is 278 g/mol. The first-order valence-corrected chi connectivity index (χ1v) is 8.09. The molecule has 1 aliphatic carbocycles. The van der Waals surface area contributed by atoms with E-state index in [-0.39, 0.29) is 5.54 Å². The Bertz CT molecular complexity index is 865. The van der Waals surface area contributed by atoms with Gasteiger partial charge in [-0.05, 0) is 69.4 Å². The number of aryl methyl sites for hydroxylation is 2. The Morgan fingerprint density at radius 1 is 1.00 bits per heavy atom. The first-order chi connectivity index (χ1) is 9.97. The van der Waals surface area contributed by atoms with Crippen LogP contribution in [0.5, 0.6) is 0 Å². The molecule has 108 valence electrons. The number of fused-ring (bicyclic) bond motifs is 5. The van der Waals surface area contributed by atoms with Crippen molar-refractivity contribution < 1.29 is 0 Å². The molecule has 3 aromatic rings. The van der Waals surface area contributed by atoms with E-state index in [9.17, 15) is 0 Å². The molecule has 2 aromatic carbocycles. The predicted molar refractivity (Wildman–Crippen MR) is 91.5 cm³/mol. The zero-order valence-electron chi connectivity index (χ0n) is 12.8. The van der Waals surface area contributed by atoms with Gasteiger partial charge in [0.25, 0.3) is 0 Å². The molecule has 0 saturated carbocycles. The van der Waals surface area contributed by atoms with Crippen LogP contribution >= 0.6 is 11.6 Å². The van der Waals surface area contributed by atoms with Gasteiger partial charge in [-0.25, -0.2) is 0 Å². The van der Waals surface area contributed by atoms with Crippen molar-refractivity contribution in [2.75, 3.05) is 0 Å². The summed E-state index contributed by atoms with van der Waals surface area (Å²) in [5.41, 5.74) is 5.73. The van der Waals surface area contributed by atoms with Crippen LogP contribution in [0.1, 0.15) is 38.3 Å². The van der Waals surface area contributed by atoms with Crippen molar-refractivity contribution in [2.24, 2.45) is 0 Å². The maximum absolute atomic E-state index is 6.27. The molecule has 0 unspecified atom stereocenters. The molecule has 0 fully saturated rings. The number of hydrogen-bond donors (Lipinski definition) is 0. The van der Waals surface area contributed by atoms with E-state index in [0.717, 1.165) is 5.02 Å². The lowest BCUT2D eigenvalue weighted by atomic mass is 10.0. The van der Waals surface area contributed by atoms with Gasteiger partial charge < -0.3 is 4.57 Å². The fourth-order valence-electron chi connectivity index (χ4n) is 3.89. The van der Waals surface area contributed by atoms with Crippen molar-refractivity contribution >= 4 is 33.4 Å². The van der Waals surface area contributed by atoms with E-state index in [2.05, 4.69) is 49.6 Å². The van der Waals surface area contributed by atoms with Crippen molar-refractivity contribution in [3.63, 3.8) is 0 Å². The van der Waals surface area contributed by atoms with Gasteiger partial charge in [-0.15, -0.1) is 0 Å². The van der Waals surface area contributed by atoms with Gasteiger partial charge in [-0.3, -0.25) is 0 Å². The number of benzene rings is 2. The molecule has 0 N–H and O–H groups in total. The molecule has 0 atom stereocenters. The third kappa shape index (κ3) is 1.83. The van der Waals surface area contributed by atoms with Crippen molar-refractivity contribution in [3.8, 4) is 0 Å². The topological polar surface area (TPSA) is 4.93 Å². The largest absolute Gasteiger partial charge is 0.335 e. The minimum Gasteiger partial charge on any atom is -0.335 e. The zero-order valence-corrected chi connectivity index (χ0v) is 13.6. The molecule has 21 heavy (non-hydrogen) atoms. The van der Waals surface area contributed by atoms with Crippen LogP contribution < -0.4 is 0 Å². The van der Waals surface area contributed by atoms with E-state index in [0.29, 0.717) is 0 Å². The fraction of sp³-hybridized carbons (Fsp3) is 0.368. The van der Waals surface area contributed by atoms with Crippen molar-refractivity contribution in [1.82, 2.24) is 4.57 Å². The van der Waals surface area contributed by atoms with Gasteiger partial charge in [-0.1, -0.05) is 23.7 Å². The van der Waals surface area contributed by atoms with Crippen molar-refractivity contribution in [3.05, 3.63) is 46.5 Å². The zero-order chi connectivity index (χ0) is 14.8. The maximum Gasteiger partial charge on any atom is 0.0511 e. The smallest absolute Gasteiger partial charge is 0.0511 e. The van der Waals surface area contributed by atoms with Gasteiger partial charge in [0.05, 0.1) is 5.52 Å². The quantitative estimate of drug-likeness (QED) is 0.502. The lowest BCUT2D eigenvalue weighted by molar-refractivity contribution is 0.423. The van der Waals surface area contributed by atoms with Crippen LogP contribution in [0.15, 0.2) is 30.3 Å². The van der Waals surface area contributed by atoms with Gasteiger partial charge in [0.15, 0.2) is 0 Å². The Morgan fingerprint density at radius 3 is 2.57 bits per heavy atom. The molecule has 2 heteroatoms. The Labute approximate surface area is 130 Å². The number of nitrogens with zero attached hydrogens (tertiary/aromatic N) is 1. The van der Waals surface area contributed by atoms with Crippen LogP contribution in [0.25, 0.3) is 21.8 Å². The summed E-state index contributed by atoms with van der Waals surface area (Å²) in [5, 5.41) is 3.61. The van der Waals surface area contributed by atoms with Gasteiger partial charge in [-0.2, -0.15) is 0 Å². The number of halogens is 1. The average molecular weight is 298 g/mol. The van der Waals surface area contributed by atoms with Crippen LogP contribution in [-0.4, -0.2) is 4.57 Å². The summed E-state index contributed by atoms with van der Waals surface area (Å²) in [7, 11) is 0. The van der Waals surface area contributed by atoms with E-state index in [4.69, 9.17) is 11.6 Å². The monoisotopic (exact) mass is 297 g/mol. The lowest BCUT2D eigenvalue weighted by Crippen LogP contribution is -2.21. The first kappa shape index (κ1) is 13.2. The average Bonchev–Trinajstić information content (AvgIpc) is 2.97. The highest BCUT2D eigenvalue weighted by Gasteiger charge is 2.24. The number of rotatable bonds is 0. The first-order valence-electron chi connectivity index (χ1n) is 7.72. The normalized spacial score (nSPS) is 15.0. The molecule has 1 nitrogen and oxygen atoms in total. The molecule has 0 bridgehead atoms. The Kier molecular flexibility index (Phi) is 2.68. The summed E-state index contributed by atoms with van der Waals surface area (Å²) in [6.45, 7) is 6.79. The minimum atomic E-state index is 0.0392. The second-order valence-corrected chi connectivity index (χ2v) is 7.56. The highest BCUT2D eigenvalue weighted by molar-refractivity contribution is 6.31. The molecule has 0 aliphatic heterocycles. The second kappa shape index (κ2) is 4.27. The van der Waals surface area contributed by atoms with Crippen LogP contribution in [0.3, 0.4) is 0 Å². The van der Waals surface area contributed by atoms with Gasteiger partial charge >= 0.3 is 0 Å². The molecule has 1 aliphatic rings. The van der Waals surface area contributed by atoms with Gasteiger partial charge in [0.2, 0.25) is 0 Å². The van der Waals surface area contributed by atoms with Crippen LogP contribution in [-0.2, 0) is 18.4 Å². The third-order valence-electron chi connectivity index (χ3n) is 4.64. The summed E-state index contributed by atoms with van der Waals surface area (Å²) in [6, 6.07) is 11.0. The van der Waals surface area contributed by atoms with E-state index in [1.54, 1.807) is 5.56 Å². The Morgan fingerprint density at radius 2 is 1.81 bits per heavy atom. The lowest BCUT2D eigenvalue weighted by Gasteiger charge is -2.24. The Balaban J connectivity index is 2.26. The molecule has 0 spiro atoms. The fourth-order valence-corrected chi connectivity index (χ4v) is 4.06. The van der Waals surface area contributed by atoms with Gasteiger partial charge in [0, 0.05) is 26.9 Å². The van der Waals surface area contributed by atoms with E-state index >= 15 is 0 Å². The molecule has 4 rings (SSSR count). The second-order valence-electron chi connectivity index (χ2n) is 7.12. The van der Waals surface area contributed by atoms with Crippen molar-refractivity contribution in [1.29, 1.82) is 0 Å². The highest BCUT2D eigenvalue weighted by Crippen LogP contribution is 2.40. The summed E-state index contributed by atoms with van der Waals surface area (Å²) < 4.78 is 2.45. The third-order valence-corrected chi connectivity index (χ3v) is 4.88. The maximum atomic E-state index is 6.27. The predicted octanol–water partition coefficient (Wildman–Crippen LogP) is 5.69. The highest BCUT2D eigenvalue weighted by atomic mass is 35.5. The standard InChI is InChI=1S/C19H20ClN/c1-19(2,3)21-16-10-7-12-5-4-6-14(12)18(16)15-9-8-13(20)11-17(15)21/h7-11H,4-6H2,1-3H3. The van der Waals surface area contributed by atoms with E-state index in [1.807, 2.05) is 6.07 Å². The molecular formula is C19H20ClN. The van der Waals surface area contributed by atoms with E-state index < -0.39 is 0 Å². The Hall–Kier alpha value is -1.47. The molecule has 1 aromatic heterocycles. The van der Waals surface area contributed by atoms with E-state index in [1.165, 1.54) is 46.6 Å².